The number of sulfonamides is 1. The van der Waals surface area contributed by atoms with Gasteiger partial charge in [-0.1, -0.05) is 22.9 Å². The lowest BCUT2D eigenvalue weighted by Gasteiger charge is -2.15. The summed E-state index contributed by atoms with van der Waals surface area (Å²) in [7, 11) is -3.48. The normalized spacial score (nSPS) is 13.6. The SMILES string of the molecule is CCC(CCBr)NS(=O)(=O)c1cncc(Br)c1. The molecule has 1 atom stereocenters. The summed E-state index contributed by atoms with van der Waals surface area (Å²) in [5, 5.41) is 0.769. The van der Waals surface area contributed by atoms with Crippen LogP contribution in [0.25, 0.3) is 0 Å². The molecule has 1 N–H and O–H groups in total. The summed E-state index contributed by atoms with van der Waals surface area (Å²) in [6.45, 7) is 1.95. The molecule has 1 rings (SSSR count). The second-order valence-electron chi connectivity index (χ2n) is 3.54. The molecular weight excluding hydrogens is 372 g/mol. The molecule has 0 bridgehead atoms. The van der Waals surface area contributed by atoms with E-state index >= 15 is 0 Å². The zero-order valence-corrected chi connectivity index (χ0v) is 13.3. The van der Waals surface area contributed by atoms with E-state index in [2.05, 4.69) is 41.6 Å². The largest absolute Gasteiger partial charge is 0.262 e. The first-order chi connectivity index (χ1) is 7.99. The highest BCUT2D eigenvalue weighted by molar-refractivity contribution is 9.10. The van der Waals surface area contributed by atoms with Crippen LogP contribution in [-0.4, -0.2) is 24.8 Å². The van der Waals surface area contributed by atoms with Crippen LogP contribution in [0.5, 0.6) is 0 Å². The third-order valence-corrected chi connectivity index (χ3v) is 4.64. The zero-order valence-electron chi connectivity index (χ0n) is 9.36. The summed E-state index contributed by atoms with van der Waals surface area (Å²) in [6.07, 6.45) is 4.41. The minimum absolute atomic E-state index is 0.0571. The molecule has 0 aromatic carbocycles. The van der Waals surface area contributed by atoms with E-state index in [0.29, 0.717) is 4.47 Å². The van der Waals surface area contributed by atoms with Gasteiger partial charge in [-0.25, -0.2) is 13.1 Å². The summed E-state index contributed by atoms with van der Waals surface area (Å²) in [5.41, 5.74) is 0. The van der Waals surface area contributed by atoms with Crippen LogP contribution in [0.3, 0.4) is 0 Å². The van der Waals surface area contributed by atoms with Crippen molar-refractivity contribution in [2.45, 2.75) is 30.7 Å². The smallest absolute Gasteiger partial charge is 0.242 e. The lowest BCUT2D eigenvalue weighted by molar-refractivity contribution is 0.532. The molecular formula is C10H14Br2N2O2S. The molecule has 4 nitrogen and oxygen atoms in total. The van der Waals surface area contributed by atoms with E-state index in [1.807, 2.05) is 6.92 Å². The maximum absolute atomic E-state index is 12.0. The van der Waals surface area contributed by atoms with Crippen LogP contribution >= 0.6 is 31.9 Å². The fourth-order valence-electron chi connectivity index (χ4n) is 1.30. The van der Waals surface area contributed by atoms with E-state index in [4.69, 9.17) is 0 Å². The number of rotatable bonds is 6. The predicted octanol–water partition coefficient (Wildman–Crippen LogP) is 2.69. The van der Waals surface area contributed by atoms with Crippen molar-refractivity contribution in [1.29, 1.82) is 0 Å². The molecule has 0 amide bonds. The minimum atomic E-state index is -3.48. The minimum Gasteiger partial charge on any atom is -0.262 e. The Bertz CT molecular complexity index is 465. The van der Waals surface area contributed by atoms with Gasteiger partial charge in [0.1, 0.15) is 4.90 Å². The summed E-state index contributed by atoms with van der Waals surface area (Å²) in [6, 6.07) is 1.48. The number of nitrogens with zero attached hydrogens (tertiary/aromatic N) is 1. The van der Waals surface area contributed by atoms with Crippen molar-refractivity contribution in [3.8, 4) is 0 Å². The monoisotopic (exact) mass is 384 g/mol. The molecule has 0 fully saturated rings. The number of pyridine rings is 1. The summed E-state index contributed by atoms with van der Waals surface area (Å²) >= 11 is 6.52. The Labute approximate surface area is 119 Å². The van der Waals surface area contributed by atoms with Gasteiger partial charge in [0, 0.05) is 28.2 Å². The van der Waals surface area contributed by atoms with Crippen LogP contribution in [-0.2, 0) is 10.0 Å². The van der Waals surface area contributed by atoms with E-state index in [1.165, 1.54) is 12.3 Å². The first-order valence-electron chi connectivity index (χ1n) is 5.18. The van der Waals surface area contributed by atoms with Gasteiger partial charge in [-0.15, -0.1) is 0 Å². The van der Waals surface area contributed by atoms with Crippen LogP contribution in [0.2, 0.25) is 0 Å². The standard InChI is InChI=1S/C10H14Br2N2O2S/c1-2-9(3-4-11)14-17(15,16)10-5-8(12)6-13-7-10/h5-7,9,14H,2-4H2,1H3. The van der Waals surface area contributed by atoms with Gasteiger partial charge in [0.15, 0.2) is 0 Å². The third-order valence-electron chi connectivity index (χ3n) is 2.26. The number of halogens is 2. The molecule has 96 valence electrons. The molecule has 7 heteroatoms. The van der Waals surface area contributed by atoms with Gasteiger partial charge in [-0.05, 0) is 34.8 Å². The van der Waals surface area contributed by atoms with Gasteiger partial charge >= 0.3 is 0 Å². The van der Waals surface area contributed by atoms with Gasteiger partial charge < -0.3 is 0 Å². The van der Waals surface area contributed by atoms with Crippen molar-refractivity contribution >= 4 is 41.9 Å². The van der Waals surface area contributed by atoms with Crippen molar-refractivity contribution in [3.05, 3.63) is 22.9 Å². The van der Waals surface area contributed by atoms with E-state index < -0.39 is 10.0 Å². The Hall–Kier alpha value is 0.0200. The Morgan fingerprint density at radius 2 is 2.18 bits per heavy atom. The zero-order chi connectivity index (χ0) is 12.9. The molecule has 1 aromatic heterocycles. The molecule has 1 aromatic rings. The van der Waals surface area contributed by atoms with Crippen molar-refractivity contribution < 1.29 is 8.42 Å². The summed E-state index contributed by atoms with van der Waals surface area (Å²) < 4.78 is 27.4. The predicted molar refractivity (Wildman–Crippen MR) is 74.7 cm³/mol. The lowest BCUT2D eigenvalue weighted by Crippen LogP contribution is -2.34. The van der Waals surface area contributed by atoms with Gasteiger partial charge in [0.2, 0.25) is 10.0 Å². The van der Waals surface area contributed by atoms with Gasteiger partial charge in [-0.3, -0.25) is 4.98 Å². The molecule has 0 aliphatic carbocycles. The van der Waals surface area contributed by atoms with Crippen molar-refractivity contribution in [2.24, 2.45) is 0 Å². The first kappa shape index (κ1) is 15.1. The third kappa shape index (κ3) is 4.65. The molecule has 0 aliphatic rings. The van der Waals surface area contributed by atoms with Crippen LogP contribution < -0.4 is 4.72 Å². The first-order valence-corrected chi connectivity index (χ1v) is 8.58. The van der Waals surface area contributed by atoms with Crippen LogP contribution in [0, 0.1) is 0 Å². The molecule has 1 unspecified atom stereocenters. The van der Waals surface area contributed by atoms with Crippen LogP contribution in [0.1, 0.15) is 19.8 Å². The summed E-state index contributed by atoms with van der Waals surface area (Å²) in [4.78, 5) is 4.03. The molecule has 1 heterocycles. The van der Waals surface area contributed by atoms with Gasteiger partial charge in [0.25, 0.3) is 0 Å². The topological polar surface area (TPSA) is 59.1 Å². The fraction of sp³-hybridized carbons (Fsp3) is 0.500. The van der Waals surface area contributed by atoms with E-state index in [-0.39, 0.29) is 10.9 Å². The average molecular weight is 386 g/mol. The van der Waals surface area contributed by atoms with Crippen molar-refractivity contribution in [3.63, 3.8) is 0 Å². The van der Waals surface area contributed by atoms with E-state index in [9.17, 15) is 8.42 Å². The Kier molecular flexibility index (Phi) is 6.05. The van der Waals surface area contributed by atoms with Crippen LogP contribution in [0.4, 0.5) is 0 Å². The lowest BCUT2D eigenvalue weighted by atomic mass is 10.2. The quantitative estimate of drug-likeness (QED) is 0.765. The average Bonchev–Trinajstić information content (AvgIpc) is 2.28. The molecule has 0 saturated heterocycles. The van der Waals surface area contributed by atoms with Crippen LogP contribution in [0.15, 0.2) is 27.8 Å². The Morgan fingerprint density at radius 3 is 2.71 bits per heavy atom. The Morgan fingerprint density at radius 1 is 1.47 bits per heavy atom. The highest BCUT2D eigenvalue weighted by Crippen LogP contribution is 2.15. The number of alkyl halides is 1. The van der Waals surface area contributed by atoms with E-state index in [0.717, 1.165) is 18.2 Å². The molecule has 0 spiro atoms. The number of aromatic nitrogens is 1. The number of hydrogen-bond acceptors (Lipinski definition) is 3. The maximum Gasteiger partial charge on any atom is 0.242 e. The fourth-order valence-corrected chi connectivity index (χ4v) is 3.72. The molecule has 0 saturated carbocycles. The molecule has 0 radical (unpaired) electrons. The number of nitrogens with one attached hydrogen (secondary N) is 1. The second kappa shape index (κ2) is 6.82. The van der Waals surface area contributed by atoms with Gasteiger partial charge in [-0.2, -0.15) is 0 Å². The highest BCUT2D eigenvalue weighted by atomic mass is 79.9. The van der Waals surface area contributed by atoms with E-state index in [1.54, 1.807) is 6.20 Å². The van der Waals surface area contributed by atoms with Gasteiger partial charge in [0.05, 0.1) is 0 Å². The molecule has 17 heavy (non-hydrogen) atoms. The van der Waals surface area contributed by atoms with Crippen molar-refractivity contribution in [2.75, 3.05) is 5.33 Å². The molecule has 0 aliphatic heterocycles. The number of hydrogen-bond donors (Lipinski definition) is 1. The maximum atomic E-state index is 12.0. The van der Waals surface area contributed by atoms with Crippen molar-refractivity contribution in [1.82, 2.24) is 9.71 Å². The second-order valence-corrected chi connectivity index (χ2v) is 6.97. The Balaban J connectivity index is 2.88. The highest BCUT2D eigenvalue weighted by Gasteiger charge is 2.19. The summed E-state index contributed by atoms with van der Waals surface area (Å²) in [5.74, 6) is 0.